The van der Waals surface area contributed by atoms with Crippen molar-refractivity contribution in [3.8, 4) is 0 Å². The predicted molar refractivity (Wildman–Crippen MR) is 62.6 cm³/mol. The minimum atomic E-state index is -4.87. The first-order valence-corrected chi connectivity index (χ1v) is 5.32. The molecule has 1 atom stereocenters. The number of alkyl halides is 3. The number of nitrogens with one attached hydrogen (secondary N) is 1. The lowest BCUT2D eigenvalue weighted by molar-refractivity contribution is -0.140. The molecule has 1 unspecified atom stereocenters. The second kappa shape index (κ2) is 5.76. The summed E-state index contributed by atoms with van der Waals surface area (Å²) in [7, 11) is 0. The minimum absolute atomic E-state index is 0.249. The van der Waals surface area contributed by atoms with Gasteiger partial charge >= 0.3 is 6.18 Å². The van der Waals surface area contributed by atoms with Crippen molar-refractivity contribution in [2.45, 2.75) is 13.1 Å². The van der Waals surface area contributed by atoms with Gasteiger partial charge in [0.15, 0.2) is 5.84 Å². The zero-order valence-electron chi connectivity index (χ0n) is 10.2. The molecule has 1 amide bonds. The van der Waals surface area contributed by atoms with Crippen molar-refractivity contribution in [2.75, 3.05) is 5.32 Å². The van der Waals surface area contributed by atoms with Crippen LogP contribution in [0.4, 0.5) is 23.2 Å². The van der Waals surface area contributed by atoms with Crippen LogP contribution in [-0.4, -0.2) is 17.0 Å². The Hall–Kier alpha value is -2.32. The second-order valence-electron chi connectivity index (χ2n) is 3.93. The molecule has 0 saturated heterocycles. The Morgan fingerprint density at radius 3 is 2.55 bits per heavy atom. The van der Waals surface area contributed by atoms with Crippen LogP contribution >= 0.6 is 0 Å². The van der Waals surface area contributed by atoms with Gasteiger partial charge in [0, 0.05) is 5.69 Å². The van der Waals surface area contributed by atoms with Crippen molar-refractivity contribution < 1.29 is 27.6 Å². The van der Waals surface area contributed by atoms with Crippen LogP contribution in [-0.2, 0) is 11.0 Å². The van der Waals surface area contributed by atoms with Gasteiger partial charge in [-0.05, 0) is 25.1 Å². The third kappa shape index (κ3) is 3.59. The lowest BCUT2D eigenvalue weighted by Gasteiger charge is -2.13. The van der Waals surface area contributed by atoms with Crippen LogP contribution in [0, 0.1) is 11.7 Å². The number of hydrogen-bond donors (Lipinski definition) is 3. The van der Waals surface area contributed by atoms with Gasteiger partial charge < -0.3 is 16.3 Å². The maximum absolute atomic E-state index is 13.0. The number of halogens is 4. The molecule has 1 rings (SSSR count). The third-order valence-electron chi connectivity index (χ3n) is 2.49. The smallest absolute Gasteiger partial charge is 0.409 e. The first-order chi connectivity index (χ1) is 9.16. The summed E-state index contributed by atoms with van der Waals surface area (Å²) in [5.74, 6) is -3.69. The van der Waals surface area contributed by atoms with E-state index in [2.05, 4.69) is 10.5 Å². The predicted octanol–water partition coefficient (Wildman–Crippen LogP) is 2.17. The van der Waals surface area contributed by atoms with Crippen molar-refractivity contribution in [1.82, 2.24) is 0 Å². The maximum Gasteiger partial charge on any atom is 0.419 e. The number of amides is 1. The zero-order chi connectivity index (χ0) is 15.5. The topological polar surface area (TPSA) is 87.7 Å². The number of nitrogens with two attached hydrogens (primary N) is 1. The molecule has 0 radical (unpaired) electrons. The van der Waals surface area contributed by atoms with Crippen molar-refractivity contribution in [3.05, 3.63) is 29.6 Å². The molecular weight excluding hydrogens is 282 g/mol. The van der Waals surface area contributed by atoms with Crippen LogP contribution < -0.4 is 11.1 Å². The van der Waals surface area contributed by atoms with E-state index in [1.807, 2.05) is 0 Å². The summed E-state index contributed by atoms with van der Waals surface area (Å²) in [5, 5.41) is 13.1. The fourth-order valence-electron chi connectivity index (χ4n) is 1.29. The molecule has 1 aromatic rings. The highest BCUT2D eigenvalue weighted by molar-refractivity contribution is 6.07. The number of benzene rings is 1. The van der Waals surface area contributed by atoms with E-state index in [1.54, 1.807) is 0 Å². The van der Waals surface area contributed by atoms with Gasteiger partial charge in [-0.15, -0.1) is 0 Å². The molecule has 5 nitrogen and oxygen atoms in total. The zero-order valence-corrected chi connectivity index (χ0v) is 10.2. The number of anilines is 1. The van der Waals surface area contributed by atoms with Crippen LogP contribution in [0.25, 0.3) is 0 Å². The van der Waals surface area contributed by atoms with Crippen molar-refractivity contribution in [3.63, 3.8) is 0 Å². The summed E-state index contributed by atoms with van der Waals surface area (Å²) in [6.45, 7) is 1.29. The van der Waals surface area contributed by atoms with Gasteiger partial charge in [0.2, 0.25) is 5.91 Å². The Morgan fingerprint density at radius 2 is 2.05 bits per heavy atom. The van der Waals surface area contributed by atoms with E-state index in [-0.39, 0.29) is 5.69 Å². The standard InChI is InChI=1S/C11H11F4N3O2/c1-5(9(16)18-20)10(19)17-6-2-3-8(12)7(4-6)11(13,14)15/h2-5,20H,1H3,(H2,16,18)(H,17,19). The van der Waals surface area contributed by atoms with E-state index >= 15 is 0 Å². The Labute approximate surface area is 111 Å². The molecule has 0 aliphatic carbocycles. The molecule has 110 valence electrons. The van der Waals surface area contributed by atoms with Crippen LogP contribution in [0.2, 0.25) is 0 Å². The van der Waals surface area contributed by atoms with Crippen molar-refractivity contribution in [2.24, 2.45) is 16.8 Å². The molecular formula is C11H11F4N3O2. The van der Waals surface area contributed by atoms with Crippen LogP contribution in [0.3, 0.4) is 0 Å². The average molecular weight is 293 g/mol. The van der Waals surface area contributed by atoms with Gasteiger partial charge in [-0.2, -0.15) is 13.2 Å². The highest BCUT2D eigenvalue weighted by Gasteiger charge is 2.34. The van der Waals surface area contributed by atoms with Gasteiger partial charge in [0.05, 0.1) is 11.5 Å². The number of hydrogen-bond acceptors (Lipinski definition) is 3. The van der Waals surface area contributed by atoms with Gasteiger partial charge in [-0.1, -0.05) is 5.16 Å². The molecule has 0 saturated carbocycles. The first kappa shape index (κ1) is 15.7. The van der Waals surface area contributed by atoms with Crippen molar-refractivity contribution >= 4 is 17.4 Å². The molecule has 1 aromatic carbocycles. The number of rotatable bonds is 3. The summed E-state index contributed by atoms with van der Waals surface area (Å²) in [6.07, 6.45) is -4.87. The fraction of sp³-hybridized carbons (Fsp3) is 0.273. The number of oxime groups is 1. The Bertz CT molecular complexity index is 543. The van der Waals surface area contributed by atoms with E-state index in [1.165, 1.54) is 6.92 Å². The number of nitrogens with zero attached hydrogens (tertiary/aromatic N) is 1. The van der Waals surface area contributed by atoms with E-state index < -0.39 is 35.2 Å². The molecule has 0 aliphatic heterocycles. The number of carbonyl (C=O) groups excluding carboxylic acids is 1. The summed E-state index contributed by atoms with van der Waals surface area (Å²) >= 11 is 0. The molecule has 20 heavy (non-hydrogen) atoms. The van der Waals surface area contributed by atoms with Crippen LogP contribution in [0.15, 0.2) is 23.4 Å². The Kier molecular flexibility index (Phi) is 4.53. The lowest BCUT2D eigenvalue weighted by atomic mass is 10.1. The summed E-state index contributed by atoms with van der Waals surface area (Å²) in [4.78, 5) is 11.6. The average Bonchev–Trinajstić information content (AvgIpc) is 2.37. The number of amidine groups is 1. The summed E-state index contributed by atoms with van der Waals surface area (Å²) in [6, 6.07) is 2.03. The minimum Gasteiger partial charge on any atom is -0.409 e. The van der Waals surface area contributed by atoms with E-state index in [9.17, 15) is 22.4 Å². The fourth-order valence-corrected chi connectivity index (χ4v) is 1.29. The maximum atomic E-state index is 13.0. The Morgan fingerprint density at radius 1 is 1.45 bits per heavy atom. The second-order valence-corrected chi connectivity index (χ2v) is 3.93. The first-order valence-electron chi connectivity index (χ1n) is 5.32. The molecule has 4 N–H and O–H groups in total. The van der Waals surface area contributed by atoms with Gasteiger partial charge in [-0.3, -0.25) is 4.79 Å². The third-order valence-corrected chi connectivity index (χ3v) is 2.49. The van der Waals surface area contributed by atoms with Crippen LogP contribution in [0.1, 0.15) is 12.5 Å². The molecule has 0 heterocycles. The molecule has 0 bridgehead atoms. The summed E-state index contributed by atoms with van der Waals surface area (Å²) < 4.78 is 50.5. The van der Waals surface area contributed by atoms with Gasteiger partial charge in [0.25, 0.3) is 0 Å². The molecule has 0 fully saturated rings. The van der Waals surface area contributed by atoms with E-state index in [0.29, 0.717) is 12.1 Å². The highest BCUT2D eigenvalue weighted by Crippen LogP contribution is 2.33. The normalized spacial score (nSPS) is 13.9. The lowest BCUT2D eigenvalue weighted by Crippen LogP contribution is -2.32. The molecule has 0 aliphatic rings. The monoisotopic (exact) mass is 293 g/mol. The molecule has 0 aromatic heterocycles. The van der Waals surface area contributed by atoms with Gasteiger partial charge in [0.1, 0.15) is 5.82 Å². The number of carbonyl (C=O) groups is 1. The van der Waals surface area contributed by atoms with E-state index in [0.717, 1.165) is 6.07 Å². The largest absolute Gasteiger partial charge is 0.419 e. The quantitative estimate of drug-likeness (QED) is 0.262. The van der Waals surface area contributed by atoms with E-state index in [4.69, 9.17) is 10.9 Å². The molecule has 0 spiro atoms. The SMILES string of the molecule is CC(C(=O)Nc1ccc(F)c(C(F)(F)F)c1)C(N)=NO. The summed E-state index contributed by atoms with van der Waals surface area (Å²) in [5.41, 5.74) is 3.45. The van der Waals surface area contributed by atoms with Crippen LogP contribution in [0.5, 0.6) is 0 Å². The highest BCUT2D eigenvalue weighted by atomic mass is 19.4. The molecule has 9 heteroatoms. The van der Waals surface area contributed by atoms with Gasteiger partial charge in [-0.25, -0.2) is 4.39 Å². The Balaban J connectivity index is 2.98. The van der Waals surface area contributed by atoms with Crippen molar-refractivity contribution in [1.29, 1.82) is 0 Å².